The fourth-order valence-electron chi connectivity index (χ4n) is 1.76. The molecule has 3 rings (SSSR count). The van der Waals surface area contributed by atoms with Crippen molar-refractivity contribution in [3.63, 3.8) is 0 Å². The summed E-state index contributed by atoms with van der Waals surface area (Å²) in [6.07, 6.45) is 5.04. The van der Waals surface area contributed by atoms with E-state index in [1.165, 1.54) is 0 Å². The number of pyridine rings is 2. The number of imidazole rings is 1. The number of hydrogen-bond acceptors (Lipinski definition) is 4. The maximum atomic E-state index is 6.17. The van der Waals surface area contributed by atoms with Crippen LogP contribution in [0.2, 0.25) is 5.02 Å². The number of halogens is 1. The first-order chi connectivity index (χ1) is 9.15. The van der Waals surface area contributed by atoms with Crippen LogP contribution in [0.25, 0.3) is 11.2 Å². The van der Waals surface area contributed by atoms with E-state index in [9.17, 15) is 0 Å². The summed E-state index contributed by atoms with van der Waals surface area (Å²) in [5, 5.41) is 0.516. The molecular formula is C13H11ClN4O. The Bertz CT molecular complexity index is 753. The maximum absolute atomic E-state index is 6.17. The summed E-state index contributed by atoms with van der Waals surface area (Å²) in [7, 11) is 1.86. The van der Waals surface area contributed by atoms with E-state index >= 15 is 0 Å². The molecule has 0 unspecified atom stereocenters. The first kappa shape index (κ1) is 11.9. The second kappa shape index (κ2) is 4.51. The second-order valence-electron chi connectivity index (χ2n) is 4.21. The lowest BCUT2D eigenvalue weighted by Crippen LogP contribution is -1.94. The van der Waals surface area contributed by atoms with Gasteiger partial charge in [0.2, 0.25) is 5.88 Å². The predicted molar refractivity (Wildman–Crippen MR) is 72.6 cm³/mol. The van der Waals surface area contributed by atoms with Crippen molar-refractivity contribution in [3.8, 4) is 11.6 Å². The Hall–Kier alpha value is -2.14. The van der Waals surface area contributed by atoms with E-state index in [4.69, 9.17) is 16.3 Å². The summed E-state index contributed by atoms with van der Waals surface area (Å²) in [4.78, 5) is 12.6. The molecule has 0 bridgehead atoms. The van der Waals surface area contributed by atoms with Gasteiger partial charge in [-0.25, -0.2) is 4.98 Å². The van der Waals surface area contributed by atoms with Crippen molar-refractivity contribution in [2.75, 3.05) is 0 Å². The summed E-state index contributed by atoms with van der Waals surface area (Å²) in [5.74, 6) is 1.09. The Kier molecular flexibility index (Phi) is 2.83. The summed E-state index contributed by atoms with van der Waals surface area (Å²) in [5.41, 5.74) is 2.33. The van der Waals surface area contributed by atoms with Gasteiger partial charge in [-0.3, -0.25) is 4.98 Å². The van der Waals surface area contributed by atoms with E-state index in [2.05, 4.69) is 15.0 Å². The van der Waals surface area contributed by atoms with Crippen molar-refractivity contribution in [2.45, 2.75) is 6.92 Å². The molecule has 0 aromatic carbocycles. The summed E-state index contributed by atoms with van der Waals surface area (Å²) < 4.78 is 7.52. The highest BCUT2D eigenvalue weighted by atomic mass is 35.5. The molecule has 3 aromatic rings. The molecule has 3 heterocycles. The number of hydrogen-bond donors (Lipinski definition) is 0. The summed E-state index contributed by atoms with van der Waals surface area (Å²) in [6, 6.07) is 3.53. The fourth-order valence-corrected chi connectivity index (χ4v) is 1.99. The molecule has 0 radical (unpaired) electrons. The zero-order valence-corrected chi connectivity index (χ0v) is 11.2. The number of rotatable bonds is 2. The van der Waals surface area contributed by atoms with Crippen molar-refractivity contribution in [3.05, 3.63) is 41.4 Å². The monoisotopic (exact) mass is 274 g/mol. The number of fused-ring (bicyclic) bond motifs is 1. The fraction of sp³-hybridized carbons (Fsp3) is 0.154. The van der Waals surface area contributed by atoms with Gasteiger partial charge in [-0.05, 0) is 18.6 Å². The molecule has 0 aliphatic rings. The van der Waals surface area contributed by atoms with Gasteiger partial charge in [0.1, 0.15) is 5.52 Å². The zero-order valence-electron chi connectivity index (χ0n) is 10.5. The molecule has 0 N–H and O–H groups in total. The smallest absolute Gasteiger partial charge is 0.222 e. The predicted octanol–water partition coefficient (Wildman–Crippen LogP) is 3.12. The molecule has 0 aliphatic carbocycles. The van der Waals surface area contributed by atoms with Gasteiger partial charge in [0.15, 0.2) is 11.4 Å². The highest BCUT2D eigenvalue weighted by molar-refractivity contribution is 6.34. The van der Waals surface area contributed by atoms with Gasteiger partial charge in [-0.15, -0.1) is 0 Å². The minimum atomic E-state index is 0.428. The highest BCUT2D eigenvalue weighted by Crippen LogP contribution is 2.28. The topological polar surface area (TPSA) is 52.8 Å². The first-order valence-electron chi connectivity index (χ1n) is 5.71. The average Bonchev–Trinajstić information content (AvgIpc) is 2.75. The van der Waals surface area contributed by atoms with Crippen LogP contribution in [0, 0.1) is 6.92 Å². The van der Waals surface area contributed by atoms with E-state index in [0.29, 0.717) is 27.8 Å². The Labute approximate surface area is 114 Å². The third kappa shape index (κ3) is 2.13. The van der Waals surface area contributed by atoms with Gasteiger partial charge in [-0.2, -0.15) is 4.98 Å². The number of nitrogens with zero attached hydrogens (tertiary/aromatic N) is 4. The van der Waals surface area contributed by atoms with Crippen LogP contribution in [0.4, 0.5) is 0 Å². The molecule has 0 aliphatic heterocycles. The largest absolute Gasteiger partial charge is 0.437 e. The maximum Gasteiger partial charge on any atom is 0.222 e. The molecule has 0 spiro atoms. The SMILES string of the molecule is Cc1ccncc1Oc1cc(Cl)c2ncn(C)c2n1. The van der Waals surface area contributed by atoms with Crippen molar-refractivity contribution >= 4 is 22.8 Å². The number of ether oxygens (including phenoxy) is 1. The standard InChI is InChI=1S/C13H11ClN4O/c1-8-3-4-15-6-10(8)19-11-5-9(14)12-13(17-11)18(2)7-16-12/h3-7H,1-2H3. The Morgan fingerprint density at radius 1 is 1.37 bits per heavy atom. The van der Waals surface area contributed by atoms with Crippen LogP contribution in [0.3, 0.4) is 0 Å². The molecule has 5 nitrogen and oxygen atoms in total. The van der Waals surface area contributed by atoms with Crippen LogP contribution in [0.5, 0.6) is 11.6 Å². The van der Waals surface area contributed by atoms with Gasteiger partial charge < -0.3 is 9.30 Å². The van der Waals surface area contributed by atoms with Gasteiger partial charge in [0.25, 0.3) is 0 Å². The molecule has 0 amide bonds. The lowest BCUT2D eigenvalue weighted by molar-refractivity contribution is 0.458. The van der Waals surface area contributed by atoms with E-state index in [1.807, 2.05) is 20.0 Å². The van der Waals surface area contributed by atoms with Gasteiger partial charge in [0, 0.05) is 19.3 Å². The molecule has 0 saturated heterocycles. The normalized spacial score (nSPS) is 10.9. The Morgan fingerprint density at radius 2 is 2.21 bits per heavy atom. The summed E-state index contributed by atoms with van der Waals surface area (Å²) in [6.45, 7) is 1.95. The summed E-state index contributed by atoms with van der Waals surface area (Å²) >= 11 is 6.17. The van der Waals surface area contributed by atoms with Crippen LogP contribution >= 0.6 is 11.6 Å². The van der Waals surface area contributed by atoms with Crippen LogP contribution in [-0.2, 0) is 7.05 Å². The third-order valence-electron chi connectivity index (χ3n) is 2.80. The quantitative estimate of drug-likeness (QED) is 0.720. The van der Waals surface area contributed by atoms with Gasteiger partial charge in [0.05, 0.1) is 17.5 Å². The van der Waals surface area contributed by atoms with E-state index in [-0.39, 0.29) is 0 Å². The van der Waals surface area contributed by atoms with Crippen molar-refractivity contribution in [1.82, 2.24) is 19.5 Å². The van der Waals surface area contributed by atoms with E-state index in [1.54, 1.807) is 29.4 Å². The number of aromatic nitrogens is 4. The first-order valence-corrected chi connectivity index (χ1v) is 6.09. The van der Waals surface area contributed by atoms with E-state index in [0.717, 1.165) is 5.56 Å². The molecule has 0 saturated carbocycles. The van der Waals surface area contributed by atoms with Crippen LogP contribution in [-0.4, -0.2) is 19.5 Å². The van der Waals surface area contributed by atoms with Crippen LogP contribution in [0.15, 0.2) is 30.9 Å². The molecule has 0 atom stereocenters. The second-order valence-corrected chi connectivity index (χ2v) is 4.62. The average molecular weight is 275 g/mol. The lowest BCUT2D eigenvalue weighted by Gasteiger charge is -2.07. The molecule has 6 heteroatoms. The number of aryl methyl sites for hydroxylation is 2. The lowest BCUT2D eigenvalue weighted by atomic mass is 10.3. The Morgan fingerprint density at radius 3 is 3.00 bits per heavy atom. The molecule has 19 heavy (non-hydrogen) atoms. The molecular weight excluding hydrogens is 264 g/mol. The van der Waals surface area contributed by atoms with Gasteiger partial charge in [-0.1, -0.05) is 11.6 Å². The van der Waals surface area contributed by atoms with Crippen molar-refractivity contribution in [2.24, 2.45) is 7.05 Å². The minimum Gasteiger partial charge on any atom is -0.437 e. The van der Waals surface area contributed by atoms with Crippen molar-refractivity contribution < 1.29 is 4.74 Å². The Balaban J connectivity index is 2.06. The zero-order chi connectivity index (χ0) is 13.4. The molecule has 3 aromatic heterocycles. The van der Waals surface area contributed by atoms with Gasteiger partial charge >= 0.3 is 0 Å². The van der Waals surface area contributed by atoms with Crippen LogP contribution < -0.4 is 4.74 Å². The highest BCUT2D eigenvalue weighted by Gasteiger charge is 2.10. The minimum absolute atomic E-state index is 0.428. The van der Waals surface area contributed by atoms with Crippen molar-refractivity contribution in [1.29, 1.82) is 0 Å². The third-order valence-corrected chi connectivity index (χ3v) is 3.09. The molecule has 96 valence electrons. The van der Waals surface area contributed by atoms with E-state index < -0.39 is 0 Å². The van der Waals surface area contributed by atoms with Crippen LogP contribution in [0.1, 0.15) is 5.56 Å². The molecule has 0 fully saturated rings.